The molecule has 4 saturated heterocycles. The molecule has 4 heterocycles. The van der Waals surface area contributed by atoms with E-state index in [2.05, 4.69) is 23.2 Å². The first-order valence-electron chi connectivity index (χ1n) is 16.8. The van der Waals surface area contributed by atoms with Gasteiger partial charge in [-0.05, 0) is 0 Å². The Hall–Kier alpha value is -0.230. The van der Waals surface area contributed by atoms with Crippen LogP contribution in [-0.4, -0.2) is 248 Å². The van der Waals surface area contributed by atoms with E-state index in [0.29, 0.717) is 6.64 Å². The Bertz CT molecular complexity index is 1220. The number of phosphoric ester groups is 1. The summed E-state index contributed by atoms with van der Waals surface area (Å²) in [7, 11) is -8.31. The summed E-state index contributed by atoms with van der Waals surface area (Å²) in [6, 6.07) is 0. The molecule has 366 valence electrons. The van der Waals surface area contributed by atoms with Crippen molar-refractivity contribution in [3.05, 3.63) is 0 Å². The molecular weight excluding hydrogens is 897 g/mol. The Morgan fingerprint density at radius 1 is 0.517 bits per heavy atom. The van der Waals surface area contributed by atoms with E-state index < -0.39 is 165 Å². The summed E-state index contributed by atoms with van der Waals surface area (Å²) in [5.41, 5.74) is 0. The number of rotatable bonds is 8. The van der Waals surface area contributed by atoms with E-state index in [1.807, 2.05) is 0 Å². The van der Waals surface area contributed by atoms with Gasteiger partial charge in [0.25, 0.3) is 0 Å². The highest BCUT2D eigenvalue weighted by atomic mass is 31.2. The normalized spacial score (nSPS) is 41.9. The predicted molar refractivity (Wildman–Crippen MR) is 186 cm³/mol. The van der Waals surface area contributed by atoms with Gasteiger partial charge in [-0.2, -0.15) is 0 Å². The monoisotopic (exact) mass is 957 g/mol. The van der Waals surface area contributed by atoms with E-state index in [1.54, 1.807) is 0 Å². The highest BCUT2D eigenvalue weighted by Crippen LogP contribution is 2.33. The zero-order valence-corrected chi connectivity index (χ0v) is 32.4. The highest BCUT2D eigenvalue weighted by Gasteiger charge is 2.50. The van der Waals surface area contributed by atoms with Crippen LogP contribution in [0.2, 0.25) is 0 Å². The molecule has 0 amide bonds. The summed E-state index contributed by atoms with van der Waals surface area (Å²) in [5.74, 6) is 0. The van der Waals surface area contributed by atoms with Gasteiger partial charge in [0.15, 0.2) is 25.2 Å². The quantitative estimate of drug-likeness (QED) is 0.100. The summed E-state index contributed by atoms with van der Waals surface area (Å²) in [6.07, 6.45) is -31.2. The lowest BCUT2D eigenvalue weighted by Crippen LogP contribution is -2.64. The van der Waals surface area contributed by atoms with Crippen molar-refractivity contribution in [2.75, 3.05) is 33.1 Å². The molecular formula is C27H59O30P3-4. The smallest absolute Gasteiger partial charge is 0.191 e. The first-order chi connectivity index (χ1) is 27.1. The van der Waals surface area contributed by atoms with Crippen LogP contribution in [0.4, 0.5) is 0 Å². The van der Waals surface area contributed by atoms with Crippen LogP contribution in [-0.2, 0) is 37.3 Å². The maximum absolute atomic E-state index is 10.3. The number of aliphatic hydroxyl groups excluding tert-OH is 17. The van der Waals surface area contributed by atoms with Crippen LogP contribution in [0.25, 0.3) is 0 Å². The highest BCUT2D eigenvalue weighted by molar-refractivity contribution is 7.43. The zero-order valence-electron chi connectivity index (χ0n) is 30.5. The van der Waals surface area contributed by atoms with Crippen molar-refractivity contribution in [3.63, 3.8) is 0 Å². The van der Waals surface area contributed by atoms with Gasteiger partial charge in [0.05, 0.1) is 42.1 Å². The van der Waals surface area contributed by atoms with Gasteiger partial charge in [-0.1, -0.05) is 21.5 Å². The summed E-state index contributed by atoms with van der Waals surface area (Å²) >= 11 is 0. The lowest BCUT2D eigenvalue weighted by Gasteiger charge is -2.45. The molecule has 0 aliphatic carbocycles. The van der Waals surface area contributed by atoms with E-state index in [0.717, 1.165) is 0 Å². The van der Waals surface area contributed by atoms with Gasteiger partial charge in [0.1, 0.15) is 97.7 Å². The zero-order chi connectivity index (χ0) is 46.3. The van der Waals surface area contributed by atoms with Crippen LogP contribution < -0.4 is 19.6 Å². The molecule has 4 aliphatic heterocycles. The third-order valence-electron chi connectivity index (χ3n) is 7.93. The Balaban J connectivity index is -0.000000776. The van der Waals surface area contributed by atoms with E-state index in [9.17, 15) is 65.4 Å². The van der Waals surface area contributed by atoms with Crippen LogP contribution in [0.15, 0.2) is 0 Å². The van der Waals surface area contributed by atoms with Crippen molar-refractivity contribution in [3.8, 4) is 0 Å². The van der Waals surface area contributed by atoms with Gasteiger partial charge in [-0.15, -0.1) is 9.24 Å². The fourth-order valence-electron chi connectivity index (χ4n) is 4.93. The second-order valence-electron chi connectivity index (χ2n) is 12.0. The van der Waals surface area contributed by atoms with Gasteiger partial charge in [-0.25, -0.2) is 0 Å². The van der Waals surface area contributed by atoms with Crippen LogP contribution in [0.3, 0.4) is 0 Å². The van der Waals surface area contributed by atoms with E-state index in [1.165, 1.54) is 0 Å². The van der Waals surface area contributed by atoms with E-state index in [4.69, 9.17) is 70.6 Å². The Labute approximate surface area is 345 Å². The van der Waals surface area contributed by atoms with Gasteiger partial charge < -0.3 is 149 Å². The summed E-state index contributed by atoms with van der Waals surface area (Å²) < 4.78 is 53.4. The molecule has 0 saturated carbocycles. The molecule has 21 atom stereocenters. The first kappa shape index (κ1) is 61.9. The van der Waals surface area contributed by atoms with Gasteiger partial charge in [0.2, 0.25) is 0 Å². The minimum Gasteiger partial charge on any atom is -0.790 e. The molecule has 0 spiro atoms. The standard InChI is InChI=1S/C12H22O11.C6H13O9P.C6H12O6.CH5P.2CH4.H3O4P/c13-1-3-5(15)6(16)9(19)12(22-3)23-10-4(2-14)21-11(20)8(18)7(10)17;7-1-2-3(8)4(9)5(10)6(14-2)15-16(11,12)13;7-1-2-3(8)4(9)5(10)6(11)12-2;1-2;;;1-5(2,3)4/h3-20H,1-2H2;2-10H,1H2,(H2,11,12,13);2-11H,1H2;2H2,1H3;2*1H4;(H3,1,2,3,4)/p-4/i;;;1D;;;. The number of aliphatic hydroxyl groups is 17. The number of hydrogen-bond donors (Lipinski definition) is 18. The first-order valence-corrected chi connectivity index (χ1v) is 19.8. The molecule has 4 rings (SSSR count). The van der Waals surface area contributed by atoms with Crippen molar-refractivity contribution in [2.24, 2.45) is 0 Å². The Morgan fingerprint density at radius 2 is 0.800 bits per heavy atom. The van der Waals surface area contributed by atoms with E-state index >= 15 is 0 Å². The van der Waals surface area contributed by atoms with Crippen molar-refractivity contribution >= 4 is 24.9 Å². The number of hydrogen-bond acceptors (Lipinski definition) is 29. The molecule has 0 aromatic heterocycles. The lowest BCUT2D eigenvalue weighted by atomic mass is 9.97. The fraction of sp³-hybridized carbons (Fsp3) is 1.00. The molecule has 4 aliphatic rings. The SMILES string of the molecule is C.C.O=P([O-])([O-])O.O=P([O-])([O-])OC1OC(CO)C(O)C(O)C1O.OCC1OC(O)C(O)C(O)C1O.OCC1OC(OC2C(CO)OC(O)C(O)C2O)C(O)C(O)C1O.[2H]CP. The van der Waals surface area contributed by atoms with Crippen molar-refractivity contribution in [2.45, 2.75) is 138 Å². The summed E-state index contributed by atoms with van der Waals surface area (Å²) in [6.45, 7) is -2.20. The Kier molecular flexibility index (Phi) is 30.2. The average molecular weight is 958 g/mol. The summed E-state index contributed by atoms with van der Waals surface area (Å²) in [4.78, 5) is 44.8. The van der Waals surface area contributed by atoms with Gasteiger partial charge in [0, 0.05) is 1.37 Å². The number of ether oxygens (including phenoxy) is 5. The molecule has 0 aromatic rings. The molecule has 0 radical (unpaired) electrons. The molecule has 0 bridgehead atoms. The minimum absolute atomic E-state index is 0. The largest absolute Gasteiger partial charge is 0.790 e. The second kappa shape index (κ2) is 29.3. The topological polar surface area (TPSA) is 546 Å². The predicted octanol–water partition coefficient (Wildman–Crippen LogP) is -13.4. The number of phosphoric acid groups is 2. The van der Waals surface area contributed by atoms with Crippen molar-refractivity contribution < 1.29 is 150 Å². The summed E-state index contributed by atoms with van der Waals surface area (Å²) in [5, 5.41) is 158. The Morgan fingerprint density at radius 3 is 1.15 bits per heavy atom. The fourth-order valence-corrected chi connectivity index (χ4v) is 5.36. The maximum atomic E-state index is 10.3. The third kappa shape index (κ3) is 19.9. The molecule has 21 unspecified atom stereocenters. The molecule has 4 fully saturated rings. The van der Waals surface area contributed by atoms with Crippen LogP contribution in [0, 0.1) is 0 Å². The van der Waals surface area contributed by atoms with Crippen LogP contribution >= 0.6 is 24.9 Å². The molecule has 33 heteroatoms. The minimum atomic E-state index is -5.41. The maximum Gasteiger partial charge on any atom is 0.191 e. The van der Waals surface area contributed by atoms with Crippen LogP contribution in [0.5, 0.6) is 0 Å². The van der Waals surface area contributed by atoms with Gasteiger partial charge in [-0.3, -0.25) is 0 Å². The van der Waals surface area contributed by atoms with E-state index in [-0.39, 0.29) is 14.9 Å². The molecule has 18 N–H and O–H groups in total. The lowest BCUT2D eigenvalue weighted by molar-refractivity contribution is -0.368. The van der Waals surface area contributed by atoms with Gasteiger partial charge >= 0.3 is 0 Å². The van der Waals surface area contributed by atoms with Crippen molar-refractivity contribution in [1.82, 2.24) is 0 Å². The second-order valence-corrected chi connectivity index (χ2v) is 14.0. The molecule has 60 heavy (non-hydrogen) atoms. The molecule has 30 nitrogen and oxygen atoms in total. The molecule has 0 aromatic carbocycles. The third-order valence-corrected chi connectivity index (χ3v) is 8.39. The average Bonchev–Trinajstić information content (AvgIpc) is 3.15. The van der Waals surface area contributed by atoms with Crippen LogP contribution in [0.1, 0.15) is 16.2 Å². The van der Waals surface area contributed by atoms with Crippen molar-refractivity contribution in [1.29, 1.82) is 0 Å².